The van der Waals surface area contributed by atoms with Gasteiger partial charge < -0.3 is 5.73 Å². The van der Waals surface area contributed by atoms with Gasteiger partial charge in [0.2, 0.25) is 15.9 Å². The maximum absolute atomic E-state index is 12.4. The van der Waals surface area contributed by atoms with Crippen LogP contribution >= 0.6 is 0 Å². The van der Waals surface area contributed by atoms with E-state index in [4.69, 9.17) is 5.73 Å². The molecule has 5 nitrogen and oxygen atoms in total. The predicted octanol–water partition coefficient (Wildman–Crippen LogP) is 1.91. The van der Waals surface area contributed by atoms with Crippen molar-refractivity contribution in [3.05, 3.63) is 29.8 Å². The molecule has 0 radical (unpaired) electrons. The largest absolute Gasteiger partial charge is 0.369 e. The summed E-state index contributed by atoms with van der Waals surface area (Å²) in [7, 11) is -3.52. The van der Waals surface area contributed by atoms with E-state index in [1.54, 1.807) is 24.3 Å². The van der Waals surface area contributed by atoms with Gasteiger partial charge in [0.05, 0.1) is 10.8 Å². The molecule has 1 unspecified atom stereocenters. The molecule has 0 saturated carbocycles. The van der Waals surface area contributed by atoms with Crippen molar-refractivity contribution >= 4 is 15.9 Å². The number of nitrogens with two attached hydrogens (primary N) is 1. The minimum Gasteiger partial charge on any atom is -0.369 e. The van der Waals surface area contributed by atoms with Crippen LogP contribution in [-0.2, 0) is 14.8 Å². The molecule has 1 fully saturated rings. The molecule has 2 rings (SSSR count). The van der Waals surface area contributed by atoms with Crippen LogP contribution in [0.15, 0.2) is 29.2 Å². The minimum atomic E-state index is -3.52. The van der Waals surface area contributed by atoms with E-state index >= 15 is 0 Å². The van der Waals surface area contributed by atoms with Crippen LogP contribution in [0.2, 0.25) is 0 Å². The van der Waals surface area contributed by atoms with Gasteiger partial charge in [-0.25, -0.2) is 8.42 Å². The van der Waals surface area contributed by atoms with Crippen molar-refractivity contribution in [2.75, 3.05) is 13.1 Å². The van der Waals surface area contributed by atoms with E-state index in [9.17, 15) is 13.2 Å². The van der Waals surface area contributed by atoms with Crippen molar-refractivity contribution in [2.45, 2.75) is 38.5 Å². The summed E-state index contributed by atoms with van der Waals surface area (Å²) in [6.07, 6.45) is 1.33. The van der Waals surface area contributed by atoms with Gasteiger partial charge in [-0.15, -0.1) is 0 Å². The number of carbonyl (C=O) groups is 1. The first-order valence-electron chi connectivity index (χ1n) is 7.27. The molecular formula is C15H24N2O3S. The number of nitrogens with zero attached hydrogens (tertiary/aromatic N) is 1. The first-order valence-corrected chi connectivity index (χ1v) is 8.71. The highest BCUT2D eigenvalue weighted by Gasteiger charge is 2.32. The molecule has 0 aliphatic carbocycles. The minimum absolute atomic E-state index is 0.186. The van der Waals surface area contributed by atoms with Crippen molar-refractivity contribution in [1.82, 2.24) is 4.31 Å². The lowest BCUT2D eigenvalue weighted by Gasteiger charge is -2.30. The van der Waals surface area contributed by atoms with Gasteiger partial charge in [0.15, 0.2) is 0 Å². The lowest BCUT2D eigenvalue weighted by molar-refractivity contribution is -0.122. The number of hydrogen-bond acceptors (Lipinski definition) is 3. The smallest absolute Gasteiger partial charge is 0.243 e. The van der Waals surface area contributed by atoms with E-state index in [0.29, 0.717) is 19.4 Å². The number of hydrogen-bond donors (Lipinski definition) is 1. The molecule has 0 aromatic heterocycles. The van der Waals surface area contributed by atoms with E-state index in [0.717, 1.165) is 5.56 Å². The average molecular weight is 312 g/mol. The van der Waals surface area contributed by atoms with E-state index in [1.165, 1.54) is 4.31 Å². The summed E-state index contributed by atoms with van der Waals surface area (Å²) in [5.41, 5.74) is 6.28. The Morgan fingerprint density at radius 2 is 1.81 bits per heavy atom. The van der Waals surface area contributed by atoms with Crippen LogP contribution in [0.3, 0.4) is 0 Å². The van der Waals surface area contributed by atoms with Crippen LogP contribution in [0.25, 0.3) is 0 Å². The maximum atomic E-state index is 12.4. The SMILES string of the molecule is CC.Cc1ccc(S(=O)(=O)N2CCCC(C(N)=O)C2)cc1. The molecule has 1 saturated heterocycles. The first-order chi connectivity index (χ1) is 9.91. The molecule has 1 heterocycles. The number of sulfonamides is 1. The molecule has 1 aliphatic rings. The molecule has 1 atom stereocenters. The summed E-state index contributed by atoms with van der Waals surface area (Å²) in [6.45, 7) is 6.53. The number of benzene rings is 1. The molecule has 2 N–H and O–H groups in total. The fourth-order valence-corrected chi connectivity index (χ4v) is 3.78. The first kappa shape index (κ1) is 17.7. The summed E-state index contributed by atoms with van der Waals surface area (Å²) in [5, 5.41) is 0. The zero-order valence-electron chi connectivity index (χ0n) is 12.9. The zero-order chi connectivity index (χ0) is 16.0. The van der Waals surface area contributed by atoms with Crippen molar-refractivity contribution in [3.63, 3.8) is 0 Å². The van der Waals surface area contributed by atoms with Crippen molar-refractivity contribution in [2.24, 2.45) is 11.7 Å². The van der Waals surface area contributed by atoms with Gasteiger partial charge in [0.25, 0.3) is 0 Å². The zero-order valence-corrected chi connectivity index (χ0v) is 13.7. The van der Waals surface area contributed by atoms with Gasteiger partial charge in [0, 0.05) is 13.1 Å². The predicted molar refractivity (Wildman–Crippen MR) is 83.2 cm³/mol. The molecule has 1 aromatic rings. The monoisotopic (exact) mass is 312 g/mol. The van der Waals surface area contributed by atoms with Gasteiger partial charge in [-0.3, -0.25) is 4.79 Å². The molecule has 0 spiro atoms. The van der Waals surface area contributed by atoms with Gasteiger partial charge in [-0.05, 0) is 31.9 Å². The van der Waals surface area contributed by atoms with Gasteiger partial charge >= 0.3 is 0 Å². The molecule has 21 heavy (non-hydrogen) atoms. The maximum Gasteiger partial charge on any atom is 0.243 e. The van der Waals surface area contributed by atoms with Crippen LogP contribution in [-0.4, -0.2) is 31.7 Å². The Morgan fingerprint density at radius 1 is 1.24 bits per heavy atom. The van der Waals surface area contributed by atoms with Crippen molar-refractivity contribution < 1.29 is 13.2 Å². The summed E-state index contributed by atoms with van der Waals surface area (Å²) in [4.78, 5) is 11.5. The highest BCUT2D eigenvalue weighted by atomic mass is 32.2. The number of amides is 1. The van der Waals surface area contributed by atoms with E-state index in [2.05, 4.69) is 0 Å². The third kappa shape index (κ3) is 4.28. The second-order valence-corrected chi connectivity index (χ2v) is 6.86. The Bertz CT molecular complexity index is 567. The van der Waals surface area contributed by atoms with Crippen LogP contribution in [0.1, 0.15) is 32.3 Å². The Hall–Kier alpha value is -1.40. The number of aryl methyl sites for hydroxylation is 1. The van der Waals surface area contributed by atoms with Crippen LogP contribution in [0.4, 0.5) is 0 Å². The van der Waals surface area contributed by atoms with E-state index in [1.807, 2.05) is 20.8 Å². The fraction of sp³-hybridized carbons (Fsp3) is 0.533. The summed E-state index contributed by atoms with van der Waals surface area (Å²) in [6, 6.07) is 6.72. The normalized spacial score (nSPS) is 19.5. The molecule has 118 valence electrons. The molecule has 6 heteroatoms. The summed E-state index contributed by atoms with van der Waals surface area (Å²) < 4.78 is 26.2. The lowest BCUT2D eigenvalue weighted by Crippen LogP contribution is -2.44. The van der Waals surface area contributed by atoms with Crippen molar-refractivity contribution in [3.8, 4) is 0 Å². The van der Waals surface area contributed by atoms with Gasteiger partial charge in [0.1, 0.15) is 0 Å². The van der Waals surface area contributed by atoms with Gasteiger partial charge in [-0.2, -0.15) is 4.31 Å². The second kappa shape index (κ2) is 7.56. The van der Waals surface area contributed by atoms with Crippen LogP contribution in [0.5, 0.6) is 0 Å². The quantitative estimate of drug-likeness (QED) is 0.925. The second-order valence-electron chi connectivity index (χ2n) is 4.92. The average Bonchev–Trinajstić information content (AvgIpc) is 2.50. The highest BCUT2D eigenvalue weighted by molar-refractivity contribution is 7.89. The Kier molecular flexibility index (Phi) is 6.36. The van der Waals surface area contributed by atoms with Crippen LogP contribution < -0.4 is 5.73 Å². The van der Waals surface area contributed by atoms with E-state index < -0.39 is 15.9 Å². The van der Waals surface area contributed by atoms with Crippen molar-refractivity contribution in [1.29, 1.82) is 0 Å². The third-order valence-electron chi connectivity index (χ3n) is 3.45. The van der Waals surface area contributed by atoms with E-state index in [-0.39, 0.29) is 17.4 Å². The molecular weight excluding hydrogens is 288 g/mol. The number of piperidine rings is 1. The summed E-state index contributed by atoms with van der Waals surface area (Å²) >= 11 is 0. The Morgan fingerprint density at radius 3 is 2.33 bits per heavy atom. The number of primary amides is 1. The molecule has 1 aromatic carbocycles. The lowest BCUT2D eigenvalue weighted by atomic mass is 9.99. The van der Waals surface area contributed by atoms with Gasteiger partial charge in [-0.1, -0.05) is 31.5 Å². The fourth-order valence-electron chi connectivity index (χ4n) is 2.25. The Labute approximate surface area is 127 Å². The molecule has 1 aliphatic heterocycles. The van der Waals surface area contributed by atoms with Crippen LogP contribution in [0, 0.1) is 12.8 Å². The number of carbonyl (C=O) groups excluding carboxylic acids is 1. The molecule has 1 amide bonds. The number of rotatable bonds is 3. The molecule has 0 bridgehead atoms. The topological polar surface area (TPSA) is 80.5 Å². The highest BCUT2D eigenvalue weighted by Crippen LogP contribution is 2.23. The third-order valence-corrected chi connectivity index (χ3v) is 5.32. The standard InChI is InChI=1S/C13H18N2O3S.C2H6/c1-10-4-6-12(7-5-10)19(17,18)15-8-2-3-11(9-15)13(14)16;1-2/h4-7,11H,2-3,8-9H2,1H3,(H2,14,16);1-2H3. The Balaban J connectivity index is 0.00000106. The summed E-state index contributed by atoms with van der Waals surface area (Å²) in [5.74, 6) is -0.808.